The first kappa shape index (κ1) is 22.9. The number of ketones is 1. The Labute approximate surface area is 187 Å². The number of carbonyl (C=O) groups excluding carboxylic acids is 2. The molecular formula is C23H27ClN2O5. The van der Waals surface area contributed by atoms with E-state index in [9.17, 15) is 9.59 Å². The summed E-state index contributed by atoms with van der Waals surface area (Å²) in [6.45, 7) is 4.99. The molecule has 1 heterocycles. The van der Waals surface area contributed by atoms with Crippen LogP contribution in [0.1, 0.15) is 22.8 Å². The Balaban J connectivity index is 1.56. The molecule has 2 aromatic rings. The van der Waals surface area contributed by atoms with E-state index in [1.54, 1.807) is 17.0 Å². The van der Waals surface area contributed by atoms with Gasteiger partial charge in [-0.2, -0.15) is 0 Å². The van der Waals surface area contributed by atoms with Crippen molar-refractivity contribution < 1.29 is 23.8 Å². The van der Waals surface area contributed by atoms with Crippen LogP contribution >= 0.6 is 11.6 Å². The number of hydrogen-bond donors (Lipinski definition) is 0. The lowest BCUT2D eigenvalue weighted by Crippen LogP contribution is -2.49. The molecule has 0 bridgehead atoms. The zero-order chi connectivity index (χ0) is 22.4. The van der Waals surface area contributed by atoms with Crippen LogP contribution < -0.4 is 14.2 Å². The van der Waals surface area contributed by atoms with Crippen molar-refractivity contribution in [1.29, 1.82) is 0 Å². The molecule has 0 aliphatic carbocycles. The van der Waals surface area contributed by atoms with E-state index in [2.05, 4.69) is 4.90 Å². The topological polar surface area (TPSA) is 68.3 Å². The standard InChI is InChI=1S/C23H27ClN2O5/c1-16(27)18-12-20(29-2)23(21(13-18)30-3)31-15-22(28)26-10-8-25(9-11-26)14-17-4-6-19(24)7-5-17/h4-7,12-13H,8-11,14-15H2,1-3H3. The van der Waals surface area contributed by atoms with E-state index in [-0.39, 0.29) is 18.3 Å². The normalized spacial score (nSPS) is 14.3. The van der Waals surface area contributed by atoms with Crippen LogP contribution in [0.5, 0.6) is 17.2 Å². The molecule has 0 atom stereocenters. The smallest absolute Gasteiger partial charge is 0.260 e. The molecule has 166 valence electrons. The molecule has 0 unspecified atom stereocenters. The minimum Gasteiger partial charge on any atom is -0.493 e. The van der Waals surface area contributed by atoms with Gasteiger partial charge in [0.1, 0.15) is 0 Å². The fourth-order valence-corrected chi connectivity index (χ4v) is 3.58. The van der Waals surface area contributed by atoms with E-state index in [4.69, 9.17) is 25.8 Å². The maximum atomic E-state index is 12.7. The number of nitrogens with zero attached hydrogens (tertiary/aromatic N) is 2. The Kier molecular flexibility index (Phi) is 7.76. The van der Waals surface area contributed by atoms with Gasteiger partial charge in [-0.3, -0.25) is 14.5 Å². The quantitative estimate of drug-likeness (QED) is 0.580. The SMILES string of the molecule is COc1cc(C(C)=O)cc(OC)c1OCC(=O)N1CCN(Cc2ccc(Cl)cc2)CC1. The summed E-state index contributed by atoms with van der Waals surface area (Å²) in [6, 6.07) is 11.0. The van der Waals surface area contributed by atoms with Gasteiger partial charge in [0, 0.05) is 43.3 Å². The van der Waals surface area contributed by atoms with Gasteiger partial charge in [0.05, 0.1) is 14.2 Å². The summed E-state index contributed by atoms with van der Waals surface area (Å²) in [6.07, 6.45) is 0. The Morgan fingerprint density at radius 1 is 0.968 bits per heavy atom. The van der Waals surface area contributed by atoms with E-state index >= 15 is 0 Å². The summed E-state index contributed by atoms with van der Waals surface area (Å²) in [4.78, 5) is 28.5. The van der Waals surface area contributed by atoms with Gasteiger partial charge in [0.25, 0.3) is 5.91 Å². The molecule has 3 rings (SSSR count). The Hall–Kier alpha value is -2.77. The molecule has 8 heteroatoms. The van der Waals surface area contributed by atoms with Gasteiger partial charge >= 0.3 is 0 Å². The molecule has 0 aromatic heterocycles. The Bertz CT molecular complexity index is 899. The predicted octanol–water partition coefficient (Wildman–Crippen LogP) is 3.28. The lowest BCUT2D eigenvalue weighted by atomic mass is 10.1. The van der Waals surface area contributed by atoms with Crippen molar-refractivity contribution in [2.45, 2.75) is 13.5 Å². The summed E-state index contributed by atoms with van der Waals surface area (Å²) in [7, 11) is 2.96. The van der Waals surface area contributed by atoms with Crippen LogP contribution in [0.4, 0.5) is 0 Å². The van der Waals surface area contributed by atoms with Gasteiger partial charge < -0.3 is 19.1 Å². The third kappa shape index (κ3) is 5.89. The second-order valence-electron chi connectivity index (χ2n) is 7.34. The Morgan fingerprint density at radius 3 is 2.06 bits per heavy atom. The molecule has 0 saturated carbocycles. The molecule has 7 nitrogen and oxygen atoms in total. The zero-order valence-electron chi connectivity index (χ0n) is 18.0. The molecule has 1 aliphatic rings. The first-order chi connectivity index (χ1) is 14.9. The first-order valence-corrected chi connectivity index (χ1v) is 10.4. The predicted molar refractivity (Wildman–Crippen MR) is 118 cm³/mol. The lowest BCUT2D eigenvalue weighted by molar-refractivity contribution is -0.135. The fraction of sp³-hybridized carbons (Fsp3) is 0.391. The van der Waals surface area contributed by atoms with E-state index in [1.807, 2.05) is 24.3 Å². The monoisotopic (exact) mass is 446 g/mol. The number of halogens is 1. The van der Waals surface area contributed by atoms with Crippen molar-refractivity contribution in [2.75, 3.05) is 47.0 Å². The summed E-state index contributed by atoms with van der Waals surface area (Å²) in [5.74, 6) is 0.793. The number of Topliss-reactive ketones (excluding diaryl/α,β-unsaturated/α-hetero) is 1. The largest absolute Gasteiger partial charge is 0.493 e. The number of amides is 1. The van der Waals surface area contributed by atoms with E-state index in [0.717, 1.165) is 24.7 Å². The third-order valence-electron chi connectivity index (χ3n) is 5.25. The summed E-state index contributed by atoms with van der Waals surface area (Å²) in [5.41, 5.74) is 1.64. The molecule has 1 fully saturated rings. The van der Waals surface area contributed by atoms with Crippen LogP contribution in [-0.2, 0) is 11.3 Å². The van der Waals surface area contributed by atoms with Crippen molar-refractivity contribution >= 4 is 23.3 Å². The van der Waals surface area contributed by atoms with Crippen LogP contribution in [-0.4, -0.2) is 68.5 Å². The number of carbonyl (C=O) groups is 2. The van der Waals surface area contributed by atoms with Crippen molar-refractivity contribution in [2.24, 2.45) is 0 Å². The van der Waals surface area contributed by atoms with Gasteiger partial charge in [0.15, 0.2) is 23.9 Å². The molecule has 1 aliphatic heterocycles. The van der Waals surface area contributed by atoms with E-state index in [0.29, 0.717) is 35.9 Å². The first-order valence-electron chi connectivity index (χ1n) is 10.1. The van der Waals surface area contributed by atoms with Gasteiger partial charge in [0.2, 0.25) is 5.75 Å². The number of ether oxygens (including phenoxy) is 3. The van der Waals surface area contributed by atoms with Crippen LogP contribution in [0.25, 0.3) is 0 Å². The van der Waals surface area contributed by atoms with Gasteiger partial charge in [-0.25, -0.2) is 0 Å². The number of benzene rings is 2. The average molecular weight is 447 g/mol. The molecule has 31 heavy (non-hydrogen) atoms. The lowest BCUT2D eigenvalue weighted by Gasteiger charge is -2.34. The minimum atomic E-state index is -0.136. The summed E-state index contributed by atoms with van der Waals surface area (Å²) in [5, 5.41) is 0.725. The van der Waals surface area contributed by atoms with Crippen LogP contribution in [0, 0.1) is 0 Å². The van der Waals surface area contributed by atoms with E-state index in [1.165, 1.54) is 26.7 Å². The molecule has 1 saturated heterocycles. The number of methoxy groups -OCH3 is 2. The highest BCUT2D eigenvalue weighted by Gasteiger charge is 2.23. The number of piperazine rings is 1. The molecule has 1 amide bonds. The van der Waals surface area contributed by atoms with Crippen molar-refractivity contribution in [3.05, 3.63) is 52.5 Å². The minimum absolute atomic E-state index is 0.106. The van der Waals surface area contributed by atoms with Crippen molar-refractivity contribution in [3.63, 3.8) is 0 Å². The summed E-state index contributed by atoms with van der Waals surface area (Å²) < 4.78 is 16.4. The van der Waals surface area contributed by atoms with Crippen molar-refractivity contribution in [3.8, 4) is 17.2 Å². The fourth-order valence-electron chi connectivity index (χ4n) is 3.45. The number of rotatable bonds is 8. The van der Waals surface area contributed by atoms with E-state index < -0.39 is 0 Å². The van der Waals surface area contributed by atoms with Gasteiger partial charge in [-0.05, 0) is 36.8 Å². The van der Waals surface area contributed by atoms with Crippen LogP contribution in [0.2, 0.25) is 5.02 Å². The molecule has 0 spiro atoms. The highest BCUT2D eigenvalue weighted by atomic mass is 35.5. The second kappa shape index (κ2) is 10.5. The molecular weight excluding hydrogens is 420 g/mol. The second-order valence-corrected chi connectivity index (χ2v) is 7.77. The summed E-state index contributed by atoms with van der Waals surface area (Å²) >= 11 is 5.94. The maximum absolute atomic E-state index is 12.7. The zero-order valence-corrected chi connectivity index (χ0v) is 18.8. The molecule has 2 aromatic carbocycles. The van der Waals surface area contributed by atoms with Crippen LogP contribution in [0.3, 0.4) is 0 Å². The van der Waals surface area contributed by atoms with Gasteiger partial charge in [-0.15, -0.1) is 0 Å². The third-order valence-corrected chi connectivity index (χ3v) is 5.50. The average Bonchev–Trinajstić information content (AvgIpc) is 2.78. The highest BCUT2D eigenvalue weighted by molar-refractivity contribution is 6.30. The highest BCUT2D eigenvalue weighted by Crippen LogP contribution is 2.38. The van der Waals surface area contributed by atoms with Crippen LogP contribution in [0.15, 0.2) is 36.4 Å². The molecule has 0 N–H and O–H groups in total. The Morgan fingerprint density at radius 2 is 1.55 bits per heavy atom. The van der Waals surface area contributed by atoms with Crippen molar-refractivity contribution in [1.82, 2.24) is 9.80 Å². The maximum Gasteiger partial charge on any atom is 0.260 e. The molecule has 0 radical (unpaired) electrons. The van der Waals surface area contributed by atoms with Gasteiger partial charge in [-0.1, -0.05) is 23.7 Å². The number of hydrogen-bond acceptors (Lipinski definition) is 6.